The molecular formula is C27H39N3. The Labute approximate surface area is 183 Å². The second kappa shape index (κ2) is 12.6. The quantitative estimate of drug-likeness (QED) is 0.404. The van der Waals surface area contributed by atoms with Gasteiger partial charge in [0.25, 0.3) is 0 Å². The summed E-state index contributed by atoms with van der Waals surface area (Å²) in [6.07, 6.45) is 0. The van der Waals surface area contributed by atoms with E-state index in [-0.39, 0.29) is 0 Å². The molecule has 6 N–H and O–H groups in total. The van der Waals surface area contributed by atoms with Crippen LogP contribution in [0.2, 0.25) is 0 Å². The molecule has 0 aliphatic carbocycles. The Morgan fingerprint density at radius 3 is 1.47 bits per heavy atom. The third-order valence-electron chi connectivity index (χ3n) is 4.80. The topological polar surface area (TPSA) is 78.1 Å². The molecule has 3 heteroatoms. The number of benzene rings is 3. The maximum Gasteiger partial charge on any atom is 0.0349 e. The minimum Gasteiger partial charge on any atom is -0.399 e. The van der Waals surface area contributed by atoms with Crippen LogP contribution in [0.4, 0.5) is 17.1 Å². The number of para-hydroxylation sites is 1. The van der Waals surface area contributed by atoms with E-state index in [0.29, 0.717) is 17.8 Å². The van der Waals surface area contributed by atoms with E-state index in [4.69, 9.17) is 17.2 Å². The number of rotatable bonds is 3. The molecule has 0 aromatic heterocycles. The van der Waals surface area contributed by atoms with Crippen molar-refractivity contribution < 1.29 is 0 Å². The second-order valence-corrected chi connectivity index (χ2v) is 8.43. The molecule has 0 saturated carbocycles. The highest BCUT2D eigenvalue weighted by molar-refractivity contribution is 5.47. The van der Waals surface area contributed by atoms with E-state index >= 15 is 0 Å². The first kappa shape index (κ1) is 25.1. The van der Waals surface area contributed by atoms with Gasteiger partial charge in [0.05, 0.1) is 0 Å². The lowest BCUT2D eigenvalue weighted by Gasteiger charge is -2.07. The summed E-state index contributed by atoms with van der Waals surface area (Å²) >= 11 is 0. The molecule has 162 valence electrons. The molecule has 0 aliphatic heterocycles. The summed E-state index contributed by atoms with van der Waals surface area (Å²) < 4.78 is 0. The Hall–Kier alpha value is -2.94. The van der Waals surface area contributed by atoms with Crippen molar-refractivity contribution in [1.29, 1.82) is 0 Å². The smallest absolute Gasteiger partial charge is 0.0349 e. The van der Waals surface area contributed by atoms with Gasteiger partial charge in [0.2, 0.25) is 0 Å². The maximum absolute atomic E-state index is 5.72. The van der Waals surface area contributed by atoms with E-state index < -0.39 is 0 Å². The third-order valence-corrected chi connectivity index (χ3v) is 4.80. The fourth-order valence-corrected chi connectivity index (χ4v) is 2.84. The molecule has 30 heavy (non-hydrogen) atoms. The van der Waals surface area contributed by atoms with Gasteiger partial charge in [-0.25, -0.2) is 0 Å². The van der Waals surface area contributed by atoms with Gasteiger partial charge in [-0.05, 0) is 64.8 Å². The average Bonchev–Trinajstić information content (AvgIpc) is 2.69. The summed E-state index contributed by atoms with van der Waals surface area (Å²) in [5, 5.41) is 0. The molecule has 0 spiro atoms. The van der Waals surface area contributed by atoms with Crippen LogP contribution in [-0.4, -0.2) is 0 Å². The van der Waals surface area contributed by atoms with Crippen molar-refractivity contribution in [3.63, 3.8) is 0 Å². The van der Waals surface area contributed by atoms with Crippen LogP contribution in [0.1, 0.15) is 76.0 Å². The Morgan fingerprint density at radius 1 is 0.500 bits per heavy atom. The predicted octanol–water partition coefficient (Wildman–Crippen LogP) is 7.18. The lowest BCUT2D eigenvalue weighted by Crippen LogP contribution is -1.94. The number of nitrogen functional groups attached to an aromatic ring is 3. The van der Waals surface area contributed by atoms with Crippen molar-refractivity contribution in [3.05, 3.63) is 89.5 Å². The van der Waals surface area contributed by atoms with E-state index in [1.165, 1.54) is 16.7 Å². The first-order chi connectivity index (χ1) is 14.1. The molecule has 3 nitrogen and oxygen atoms in total. The fraction of sp³-hybridized carbons (Fsp3) is 0.333. The van der Waals surface area contributed by atoms with Gasteiger partial charge < -0.3 is 17.2 Å². The van der Waals surface area contributed by atoms with Gasteiger partial charge in [0.15, 0.2) is 0 Å². The summed E-state index contributed by atoms with van der Waals surface area (Å²) in [7, 11) is 0. The Morgan fingerprint density at radius 2 is 1.07 bits per heavy atom. The lowest BCUT2D eigenvalue weighted by molar-refractivity contribution is 0.867. The zero-order chi connectivity index (χ0) is 22.7. The second-order valence-electron chi connectivity index (χ2n) is 8.43. The summed E-state index contributed by atoms with van der Waals surface area (Å²) in [5.74, 6) is 1.70. The molecule has 0 atom stereocenters. The molecule has 0 fully saturated rings. The molecule has 0 unspecified atom stereocenters. The largest absolute Gasteiger partial charge is 0.399 e. The average molecular weight is 406 g/mol. The molecule has 0 radical (unpaired) electrons. The van der Waals surface area contributed by atoms with E-state index in [1.54, 1.807) is 0 Å². The van der Waals surface area contributed by atoms with Crippen LogP contribution in [0.25, 0.3) is 0 Å². The molecule has 3 aromatic carbocycles. The van der Waals surface area contributed by atoms with Crippen LogP contribution >= 0.6 is 0 Å². The Kier molecular flexibility index (Phi) is 10.5. The van der Waals surface area contributed by atoms with Crippen LogP contribution in [0.3, 0.4) is 0 Å². The first-order valence-corrected chi connectivity index (χ1v) is 10.7. The van der Waals surface area contributed by atoms with Gasteiger partial charge >= 0.3 is 0 Å². The number of nitrogens with two attached hydrogens (primary N) is 3. The minimum atomic E-state index is 0.529. The zero-order valence-corrected chi connectivity index (χ0v) is 19.4. The summed E-state index contributed by atoms with van der Waals surface area (Å²) in [5.41, 5.74) is 23.3. The van der Waals surface area contributed by atoms with E-state index in [0.717, 1.165) is 17.1 Å². The van der Waals surface area contributed by atoms with Gasteiger partial charge in [0, 0.05) is 17.1 Å². The first-order valence-electron chi connectivity index (χ1n) is 10.7. The minimum absolute atomic E-state index is 0.529. The highest BCUT2D eigenvalue weighted by Crippen LogP contribution is 2.20. The van der Waals surface area contributed by atoms with Gasteiger partial charge in [0.1, 0.15) is 0 Å². The summed E-state index contributed by atoms with van der Waals surface area (Å²) in [4.78, 5) is 0. The molecule has 3 aromatic rings. The number of hydrogen-bond acceptors (Lipinski definition) is 3. The molecule has 0 aliphatic rings. The molecule has 0 heterocycles. The van der Waals surface area contributed by atoms with Gasteiger partial charge in [-0.3, -0.25) is 0 Å². The van der Waals surface area contributed by atoms with Crippen molar-refractivity contribution in [2.24, 2.45) is 0 Å². The highest BCUT2D eigenvalue weighted by atomic mass is 14.6. The standard InChI is InChI=1S/3C9H13N/c1-7(2)8-3-5-9(10)6-4-8;1-7(2)8-4-3-5-9(10)6-8;1-7(2)8-5-3-4-6-9(8)10/h3*3-7H,10H2,1-2H3. The monoisotopic (exact) mass is 405 g/mol. The fourth-order valence-electron chi connectivity index (χ4n) is 2.84. The van der Waals surface area contributed by atoms with Crippen molar-refractivity contribution in [1.82, 2.24) is 0 Å². The molecule has 0 saturated heterocycles. The SMILES string of the molecule is CC(C)c1ccc(N)cc1.CC(C)c1cccc(N)c1.CC(C)c1ccccc1N. The maximum atomic E-state index is 5.72. The van der Waals surface area contributed by atoms with Crippen molar-refractivity contribution in [3.8, 4) is 0 Å². The van der Waals surface area contributed by atoms with Gasteiger partial charge in [-0.1, -0.05) is 84.0 Å². The third kappa shape index (κ3) is 9.04. The van der Waals surface area contributed by atoms with E-state index in [9.17, 15) is 0 Å². The van der Waals surface area contributed by atoms with Crippen LogP contribution < -0.4 is 17.2 Å². The molecule has 0 bridgehead atoms. The Balaban J connectivity index is 0.000000225. The van der Waals surface area contributed by atoms with E-state index in [2.05, 4.69) is 65.8 Å². The predicted molar refractivity (Wildman–Crippen MR) is 135 cm³/mol. The van der Waals surface area contributed by atoms with Gasteiger partial charge in [-0.2, -0.15) is 0 Å². The number of hydrogen-bond donors (Lipinski definition) is 3. The van der Waals surface area contributed by atoms with Crippen LogP contribution in [0.15, 0.2) is 72.8 Å². The van der Waals surface area contributed by atoms with Crippen LogP contribution in [0.5, 0.6) is 0 Å². The lowest BCUT2D eigenvalue weighted by atomic mass is 10.0. The Bertz CT molecular complexity index is 865. The van der Waals surface area contributed by atoms with Crippen molar-refractivity contribution in [2.75, 3.05) is 17.2 Å². The van der Waals surface area contributed by atoms with Crippen molar-refractivity contribution in [2.45, 2.75) is 59.3 Å². The van der Waals surface area contributed by atoms with Crippen molar-refractivity contribution >= 4 is 17.1 Å². The molecule has 3 rings (SSSR count). The molecular weight excluding hydrogens is 366 g/mol. The molecule has 0 amide bonds. The van der Waals surface area contributed by atoms with Crippen LogP contribution in [-0.2, 0) is 0 Å². The summed E-state index contributed by atoms with van der Waals surface area (Å²) in [6, 6.07) is 24.0. The number of anilines is 3. The van der Waals surface area contributed by atoms with E-state index in [1.807, 2.05) is 48.5 Å². The van der Waals surface area contributed by atoms with Gasteiger partial charge in [-0.15, -0.1) is 0 Å². The van der Waals surface area contributed by atoms with Crippen LogP contribution in [0, 0.1) is 0 Å². The normalized spacial score (nSPS) is 10.3. The zero-order valence-electron chi connectivity index (χ0n) is 19.4. The summed E-state index contributed by atoms with van der Waals surface area (Å²) in [6.45, 7) is 13.0. The highest BCUT2D eigenvalue weighted by Gasteiger charge is 2.00.